The zero-order valence-electron chi connectivity index (χ0n) is 20.8. The molecule has 0 bridgehead atoms. The standard InChI is InChI=1S/C26H37N5O4/c1-18-21(7-5-12-27-18)24(34)30-14-10-26(11-15-30)9-4-3-6-20-17-31(19(2)32)13-8-22(20)29-23(33)16-28-25(26)35/h5,7,12,20,22H,3-4,6,8-11,13-17H2,1-2H3,(H,28,35)(H,29,33)/t20-,22+/m0/s1. The van der Waals surface area contributed by atoms with Crippen molar-refractivity contribution in [2.75, 3.05) is 32.7 Å². The largest absolute Gasteiger partial charge is 0.351 e. The van der Waals surface area contributed by atoms with Crippen LogP contribution in [0.2, 0.25) is 0 Å². The molecule has 9 nitrogen and oxygen atoms in total. The summed E-state index contributed by atoms with van der Waals surface area (Å²) in [5, 5.41) is 5.99. The molecule has 0 unspecified atom stereocenters. The third kappa shape index (κ3) is 5.65. The third-order valence-corrected chi connectivity index (χ3v) is 8.14. The highest BCUT2D eigenvalue weighted by Crippen LogP contribution is 2.38. The van der Waals surface area contributed by atoms with Crippen molar-refractivity contribution in [3.8, 4) is 0 Å². The number of piperidine rings is 2. The Bertz CT molecular complexity index is 972. The number of likely N-dealkylation sites (tertiary alicyclic amines) is 2. The lowest BCUT2D eigenvalue weighted by Gasteiger charge is -2.42. The van der Waals surface area contributed by atoms with Crippen molar-refractivity contribution in [1.29, 1.82) is 0 Å². The molecule has 4 heterocycles. The third-order valence-electron chi connectivity index (χ3n) is 8.14. The van der Waals surface area contributed by atoms with Gasteiger partial charge in [0.1, 0.15) is 0 Å². The smallest absolute Gasteiger partial charge is 0.255 e. The summed E-state index contributed by atoms with van der Waals surface area (Å²) >= 11 is 0. The first-order valence-electron chi connectivity index (χ1n) is 12.8. The van der Waals surface area contributed by atoms with Crippen molar-refractivity contribution in [3.05, 3.63) is 29.6 Å². The van der Waals surface area contributed by atoms with Gasteiger partial charge in [-0.2, -0.15) is 0 Å². The highest BCUT2D eigenvalue weighted by molar-refractivity contribution is 5.95. The number of nitrogens with zero attached hydrogens (tertiary/aromatic N) is 3. The van der Waals surface area contributed by atoms with Gasteiger partial charge in [0.2, 0.25) is 17.7 Å². The molecule has 4 rings (SSSR count). The molecule has 0 radical (unpaired) electrons. The number of aromatic nitrogens is 1. The van der Waals surface area contributed by atoms with E-state index in [0.717, 1.165) is 32.1 Å². The number of nitrogens with one attached hydrogen (secondary N) is 2. The van der Waals surface area contributed by atoms with Gasteiger partial charge in [-0.15, -0.1) is 0 Å². The van der Waals surface area contributed by atoms with E-state index in [0.29, 0.717) is 50.3 Å². The Morgan fingerprint density at radius 2 is 1.83 bits per heavy atom. The van der Waals surface area contributed by atoms with Gasteiger partial charge in [0.05, 0.1) is 17.5 Å². The van der Waals surface area contributed by atoms with E-state index in [2.05, 4.69) is 15.6 Å². The minimum Gasteiger partial charge on any atom is -0.351 e. The average molecular weight is 484 g/mol. The van der Waals surface area contributed by atoms with Crippen LogP contribution in [0.15, 0.2) is 18.3 Å². The number of carbonyl (C=O) groups is 4. The fourth-order valence-corrected chi connectivity index (χ4v) is 5.89. The van der Waals surface area contributed by atoms with E-state index in [1.165, 1.54) is 0 Å². The van der Waals surface area contributed by atoms with Gasteiger partial charge in [-0.1, -0.05) is 12.8 Å². The average Bonchev–Trinajstić information content (AvgIpc) is 2.85. The van der Waals surface area contributed by atoms with Crippen LogP contribution < -0.4 is 10.6 Å². The topological polar surface area (TPSA) is 112 Å². The van der Waals surface area contributed by atoms with E-state index >= 15 is 0 Å². The van der Waals surface area contributed by atoms with Crippen LogP contribution in [-0.4, -0.2) is 77.2 Å². The zero-order valence-corrected chi connectivity index (χ0v) is 20.8. The zero-order chi connectivity index (χ0) is 25.0. The monoisotopic (exact) mass is 483 g/mol. The van der Waals surface area contributed by atoms with Gasteiger partial charge >= 0.3 is 0 Å². The maximum absolute atomic E-state index is 13.3. The van der Waals surface area contributed by atoms with Gasteiger partial charge in [-0.3, -0.25) is 24.2 Å². The Balaban J connectivity index is 1.42. The van der Waals surface area contributed by atoms with Crippen molar-refractivity contribution >= 4 is 23.6 Å². The molecule has 3 saturated heterocycles. The van der Waals surface area contributed by atoms with Crippen LogP contribution >= 0.6 is 0 Å². The SMILES string of the molecule is CC(=O)N1CC[C@H]2NC(=O)CNC(=O)C3(CCCC[C@H]2C1)CCN(C(=O)c1cccnc1C)CC3. The molecule has 3 aliphatic heterocycles. The summed E-state index contributed by atoms with van der Waals surface area (Å²) in [4.78, 5) is 58.8. The molecule has 0 saturated carbocycles. The molecule has 1 spiro atoms. The molecule has 0 aliphatic carbocycles. The second kappa shape index (κ2) is 10.7. The predicted molar refractivity (Wildman–Crippen MR) is 130 cm³/mol. The Kier molecular flexibility index (Phi) is 7.72. The number of pyridine rings is 1. The number of aryl methyl sites for hydroxylation is 1. The molecule has 9 heteroatoms. The van der Waals surface area contributed by atoms with Crippen LogP contribution in [0.4, 0.5) is 0 Å². The van der Waals surface area contributed by atoms with Crippen molar-refractivity contribution in [3.63, 3.8) is 0 Å². The second-order valence-corrected chi connectivity index (χ2v) is 10.3. The first-order chi connectivity index (χ1) is 16.8. The van der Waals surface area contributed by atoms with Crippen LogP contribution in [-0.2, 0) is 14.4 Å². The van der Waals surface area contributed by atoms with Crippen LogP contribution in [0.25, 0.3) is 0 Å². The summed E-state index contributed by atoms with van der Waals surface area (Å²) in [6, 6.07) is 3.60. The Morgan fingerprint density at radius 1 is 1.06 bits per heavy atom. The minimum absolute atomic E-state index is 0.0357. The number of amides is 4. The minimum atomic E-state index is -0.572. The van der Waals surface area contributed by atoms with Crippen LogP contribution in [0.1, 0.15) is 67.9 Å². The molecular formula is C26H37N5O4. The van der Waals surface area contributed by atoms with Gasteiger partial charge in [0, 0.05) is 51.0 Å². The van der Waals surface area contributed by atoms with E-state index in [-0.39, 0.29) is 42.1 Å². The van der Waals surface area contributed by atoms with Crippen LogP contribution in [0.5, 0.6) is 0 Å². The lowest BCUT2D eigenvalue weighted by Crippen LogP contribution is -2.55. The molecule has 2 atom stereocenters. The number of carbonyl (C=O) groups excluding carboxylic acids is 4. The molecule has 0 aromatic carbocycles. The van der Waals surface area contributed by atoms with E-state index in [1.54, 1.807) is 25.3 Å². The van der Waals surface area contributed by atoms with Gasteiger partial charge in [-0.05, 0) is 57.1 Å². The fraction of sp³-hybridized carbons (Fsp3) is 0.654. The number of hydrogen-bond donors (Lipinski definition) is 2. The van der Waals surface area contributed by atoms with Gasteiger partial charge in [0.25, 0.3) is 5.91 Å². The molecule has 1 aromatic heterocycles. The molecule has 3 aliphatic rings. The van der Waals surface area contributed by atoms with Gasteiger partial charge in [0.15, 0.2) is 0 Å². The van der Waals surface area contributed by atoms with Gasteiger partial charge < -0.3 is 20.4 Å². The highest BCUT2D eigenvalue weighted by Gasteiger charge is 2.42. The maximum atomic E-state index is 13.3. The summed E-state index contributed by atoms with van der Waals surface area (Å²) in [6.07, 6.45) is 7.07. The van der Waals surface area contributed by atoms with Crippen LogP contribution in [0.3, 0.4) is 0 Å². The van der Waals surface area contributed by atoms with Crippen molar-refractivity contribution in [2.24, 2.45) is 11.3 Å². The number of fused-ring (bicyclic) bond motifs is 1. The highest BCUT2D eigenvalue weighted by atomic mass is 16.2. The lowest BCUT2D eigenvalue weighted by molar-refractivity contribution is -0.137. The van der Waals surface area contributed by atoms with E-state index in [1.807, 2.05) is 16.7 Å². The molecule has 2 N–H and O–H groups in total. The van der Waals surface area contributed by atoms with Crippen molar-refractivity contribution in [1.82, 2.24) is 25.4 Å². The molecular weight excluding hydrogens is 446 g/mol. The number of hydrogen-bond acceptors (Lipinski definition) is 5. The lowest BCUT2D eigenvalue weighted by atomic mass is 9.73. The second-order valence-electron chi connectivity index (χ2n) is 10.3. The molecule has 35 heavy (non-hydrogen) atoms. The predicted octanol–water partition coefficient (Wildman–Crippen LogP) is 1.66. The Hall–Kier alpha value is -2.97. The summed E-state index contributed by atoms with van der Waals surface area (Å²) < 4.78 is 0. The summed E-state index contributed by atoms with van der Waals surface area (Å²) in [5.41, 5.74) is 0.735. The molecule has 3 fully saturated rings. The molecule has 4 amide bonds. The quantitative estimate of drug-likeness (QED) is 0.631. The summed E-state index contributed by atoms with van der Waals surface area (Å²) in [7, 11) is 0. The van der Waals surface area contributed by atoms with Crippen LogP contribution in [0, 0.1) is 18.3 Å². The molecule has 1 aromatic rings. The van der Waals surface area contributed by atoms with Gasteiger partial charge in [-0.25, -0.2) is 0 Å². The van der Waals surface area contributed by atoms with E-state index in [9.17, 15) is 19.2 Å². The normalized spacial score (nSPS) is 25.5. The molecule has 190 valence electrons. The van der Waals surface area contributed by atoms with E-state index in [4.69, 9.17) is 0 Å². The first-order valence-corrected chi connectivity index (χ1v) is 12.8. The Morgan fingerprint density at radius 3 is 2.54 bits per heavy atom. The Labute approximate surface area is 207 Å². The van der Waals surface area contributed by atoms with E-state index < -0.39 is 5.41 Å². The summed E-state index contributed by atoms with van der Waals surface area (Å²) in [6.45, 7) is 5.72. The van der Waals surface area contributed by atoms with Crippen molar-refractivity contribution in [2.45, 2.75) is 64.8 Å². The fourth-order valence-electron chi connectivity index (χ4n) is 5.89. The number of rotatable bonds is 1. The maximum Gasteiger partial charge on any atom is 0.255 e. The first kappa shape index (κ1) is 25.1. The van der Waals surface area contributed by atoms with Crippen molar-refractivity contribution < 1.29 is 19.2 Å². The summed E-state index contributed by atoms with van der Waals surface area (Å²) in [5.74, 6) is -0.00244.